The van der Waals surface area contributed by atoms with Crippen molar-refractivity contribution in [2.75, 3.05) is 13.1 Å². The van der Waals surface area contributed by atoms with Gasteiger partial charge in [-0.2, -0.15) is 5.10 Å². The molecule has 1 aromatic carbocycles. The highest BCUT2D eigenvalue weighted by Crippen LogP contribution is 2.20. The molecule has 14 heteroatoms. The largest absolute Gasteiger partial charge is 0.359 e. The van der Waals surface area contributed by atoms with Gasteiger partial charge in [0.2, 0.25) is 11.8 Å². The summed E-state index contributed by atoms with van der Waals surface area (Å²) in [4.78, 5) is 63.5. The van der Waals surface area contributed by atoms with Crippen molar-refractivity contribution in [1.82, 2.24) is 45.8 Å². The summed E-state index contributed by atoms with van der Waals surface area (Å²) in [5, 5.41) is 17.0. The molecule has 2 atom stereocenters. The first-order chi connectivity index (χ1) is 21.7. The molecular weight excluding hydrogens is 578 g/mol. The molecule has 2 bridgehead atoms. The van der Waals surface area contributed by atoms with Gasteiger partial charge in [-0.25, -0.2) is 9.67 Å². The number of amides is 4. The summed E-state index contributed by atoms with van der Waals surface area (Å²) in [6, 6.07) is 14.2. The third-order valence-corrected chi connectivity index (χ3v) is 7.11. The number of hydrogen-bond donors (Lipinski definition) is 3. The molecule has 1 aliphatic rings. The molecule has 234 valence electrons. The van der Waals surface area contributed by atoms with Crippen molar-refractivity contribution in [2.24, 2.45) is 5.92 Å². The average Bonchev–Trinajstić information content (AvgIpc) is 3.68. The molecule has 14 nitrogen and oxygen atoms in total. The third kappa shape index (κ3) is 7.77. The van der Waals surface area contributed by atoms with Crippen LogP contribution in [0.3, 0.4) is 0 Å². The lowest BCUT2D eigenvalue weighted by Gasteiger charge is -2.23. The number of nitrogens with one attached hydrogen (secondary N) is 3. The molecule has 3 N–H and O–H groups in total. The topological polar surface area (TPSA) is 177 Å². The fraction of sp³-hybridized carbons (Fsp3) is 0.355. The molecule has 0 unspecified atom stereocenters. The Balaban J connectivity index is 1.48. The third-order valence-electron chi connectivity index (χ3n) is 7.11. The van der Waals surface area contributed by atoms with Crippen molar-refractivity contribution >= 4 is 23.6 Å². The van der Waals surface area contributed by atoms with Gasteiger partial charge in [-0.3, -0.25) is 24.2 Å². The Kier molecular flexibility index (Phi) is 9.61. The minimum atomic E-state index is -0.894. The predicted molar refractivity (Wildman–Crippen MR) is 161 cm³/mol. The number of nitrogens with zero attached hydrogens (tertiary/aromatic N) is 6. The summed E-state index contributed by atoms with van der Waals surface area (Å²) in [5.74, 6) is -0.702. The highest BCUT2D eigenvalue weighted by Gasteiger charge is 2.28. The molecule has 1 aliphatic heterocycles. The van der Waals surface area contributed by atoms with Crippen LogP contribution in [0.4, 0.5) is 0 Å². The van der Waals surface area contributed by atoms with Crippen LogP contribution in [0.5, 0.6) is 0 Å². The zero-order valence-electron chi connectivity index (χ0n) is 25.3. The Hall–Kier alpha value is -5.40. The fourth-order valence-electron chi connectivity index (χ4n) is 4.92. The normalized spacial score (nSPS) is 18.3. The maximum Gasteiger partial charge on any atom is 0.274 e. The number of aromatic nitrogens is 5. The predicted octanol–water partition coefficient (Wildman–Crippen LogP) is 2.12. The van der Waals surface area contributed by atoms with E-state index in [9.17, 15) is 19.2 Å². The van der Waals surface area contributed by atoms with Gasteiger partial charge in [0, 0.05) is 30.9 Å². The van der Waals surface area contributed by atoms with Gasteiger partial charge in [0.25, 0.3) is 11.8 Å². The quantitative estimate of drug-likeness (QED) is 0.311. The standard InChI is InChI=1S/C31H35N9O5/c1-19(2)15-24-29(42)34-20(3)28-36-27(21-9-5-4-6-10-21)37-40(28)18-26(41)33-13-14-39(31(44)23-11-7-8-12-32-23)17-22-16-25(38-45-22)30(43)35-24/h4-12,16,19-20,24H,13-15,17-18H2,1-3H3,(H,33,41)(H,34,42)(H,35,43)/t20-,24+/m0/s1. The van der Waals surface area contributed by atoms with Gasteiger partial charge in [0.15, 0.2) is 17.3 Å². The number of carbonyl (C=O) groups is 4. The van der Waals surface area contributed by atoms with Crippen molar-refractivity contribution in [3.8, 4) is 11.4 Å². The molecule has 5 rings (SSSR count). The second kappa shape index (κ2) is 13.9. The molecule has 0 spiro atoms. The van der Waals surface area contributed by atoms with E-state index in [0.29, 0.717) is 18.1 Å². The highest BCUT2D eigenvalue weighted by atomic mass is 16.5. The Bertz CT molecular complexity index is 1650. The van der Waals surface area contributed by atoms with E-state index in [0.717, 1.165) is 5.56 Å². The lowest BCUT2D eigenvalue weighted by molar-refractivity contribution is -0.124. The van der Waals surface area contributed by atoms with Crippen LogP contribution in [0.25, 0.3) is 11.4 Å². The van der Waals surface area contributed by atoms with Crippen LogP contribution in [-0.4, -0.2) is 72.6 Å². The van der Waals surface area contributed by atoms with Crippen LogP contribution in [0.1, 0.15) is 65.8 Å². The average molecular weight is 614 g/mol. The van der Waals surface area contributed by atoms with Crippen molar-refractivity contribution in [1.29, 1.82) is 0 Å². The van der Waals surface area contributed by atoms with Gasteiger partial charge in [0.1, 0.15) is 24.1 Å². The molecule has 0 saturated carbocycles. The molecule has 45 heavy (non-hydrogen) atoms. The van der Waals surface area contributed by atoms with Crippen LogP contribution in [0.15, 0.2) is 65.3 Å². The Morgan fingerprint density at radius 2 is 1.82 bits per heavy atom. The van der Waals surface area contributed by atoms with Gasteiger partial charge < -0.3 is 25.4 Å². The van der Waals surface area contributed by atoms with E-state index in [-0.39, 0.29) is 55.2 Å². The molecular formula is C31H35N9O5. The minimum absolute atomic E-state index is 0.0351. The van der Waals surface area contributed by atoms with Crippen molar-refractivity contribution in [3.63, 3.8) is 0 Å². The van der Waals surface area contributed by atoms with Crippen LogP contribution >= 0.6 is 0 Å². The number of fused-ring (bicyclic) bond motifs is 3. The summed E-state index contributed by atoms with van der Waals surface area (Å²) in [6.45, 7) is 5.63. The van der Waals surface area contributed by atoms with Crippen LogP contribution in [0.2, 0.25) is 0 Å². The number of rotatable bonds is 4. The van der Waals surface area contributed by atoms with Crippen LogP contribution in [0, 0.1) is 5.92 Å². The zero-order chi connectivity index (χ0) is 31.9. The van der Waals surface area contributed by atoms with E-state index in [4.69, 9.17) is 4.52 Å². The van der Waals surface area contributed by atoms with Crippen molar-refractivity contribution < 1.29 is 23.7 Å². The SMILES string of the molecule is CC(C)C[C@H]1NC(=O)c2cc(on2)CN(C(=O)c2ccccn2)CCNC(=O)Cn2nc(-c3ccccc3)nc2[C@H](C)NC1=O. The first-order valence-corrected chi connectivity index (χ1v) is 14.7. The number of benzene rings is 1. The lowest BCUT2D eigenvalue weighted by atomic mass is 10.0. The van der Waals surface area contributed by atoms with Crippen LogP contribution < -0.4 is 16.0 Å². The van der Waals surface area contributed by atoms with E-state index >= 15 is 0 Å². The Labute approximate surface area is 259 Å². The maximum absolute atomic E-state index is 13.5. The highest BCUT2D eigenvalue weighted by molar-refractivity contribution is 5.96. The van der Waals surface area contributed by atoms with E-state index in [2.05, 4.69) is 36.2 Å². The first-order valence-electron chi connectivity index (χ1n) is 14.7. The van der Waals surface area contributed by atoms with Crippen molar-refractivity contribution in [2.45, 2.75) is 52.4 Å². The van der Waals surface area contributed by atoms with Gasteiger partial charge in [0.05, 0.1) is 12.6 Å². The van der Waals surface area contributed by atoms with Crippen molar-refractivity contribution in [3.05, 3.63) is 83.8 Å². The molecule has 0 aliphatic carbocycles. The summed E-state index contributed by atoms with van der Waals surface area (Å²) in [6.07, 6.45) is 1.87. The summed E-state index contributed by atoms with van der Waals surface area (Å²) in [7, 11) is 0. The summed E-state index contributed by atoms with van der Waals surface area (Å²) in [5.41, 5.74) is 0.919. The minimum Gasteiger partial charge on any atom is -0.359 e. The molecule has 0 fully saturated rings. The summed E-state index contributed by atoms with van der Waals surface area (Å²) < 4.78 is 6.85. The fourth-order valence-corrected chi connectivity index (χ4v) is 4.92. The molecule has 4 aromatic rings. The molecule has 0 saturated heterocycles. The van der Waals surface area contributed by atoms with Crippen LogP contribution in [-0.2, 0) is 22.7 Å². The Morgan fingerprint density at radius 3 is 2.56 bits per heavy atom. The second-order valence-electron chi connectivity index (χ2n) is 11.2. The summed E-state index contributed by atoms with van der Waals surface area (Å²) >= 11 is 0. The zero-order valence-corrected chi connectivity index (χ0v) is 25.3. The number of pyridine rings is 1. The monoisotopic (exact) mass is 613 g/mol. The van der Waals surface area contributed by atoms with E-state index < -0.39 is 29.8 Å². The van der Waals surface area contributed by atoms with Gasteiger partial charge in [-0.15, -0.1) is 0 Å². The van der Waals surface area contributed by atoms with E-state index in [1.807, 2.05) is 44.2 Å². The number of hydrogen-bond acceptors (Lipinski definition) is 9. The van der Waals surface area contributed by atoms with E-state index in [1.54, 1.807) is 25.1 Å². The Morgan fingerprint density at radius 1 is 1.04 bits per heavy atom. The van der Waals surface area contributed by atoms with E-state index in [1.165, 1.54) is 21.8 Å². The molecule has 0 radical (unpaired) electrons. The molecule has 4 amide bonds. The van der Waals surface area contributed by atoms with Gasteiger partial charge in [-0.1, -0.05) is 55.4 Å². The van der Waals surface area contributed by atoms with Gasteiger partial charge >= 0.3 is 0 Å². The second-order valence-corrected chi connectivity index (χ2v) is 11.2. The smallest absolute Gasteiger partial charge is 0.274 e. The lowest BCUT2D eigenvalue weighted by Crippen LogP contribution is -2.48. The van der Waals surface area contributed by atoms with Gasteiger partial charge in [-0.05, 0) is 31.4 Å². The molecule has 3 aromatic heterocycles. The first kappa shape index (κ1) is 31.0. The number of carbonyl (C=O) groups excluding carboxylic acids is 4. The molecule has 4 heterocycles. The maximum atomic E-state index is 13.5.